The number of anilines is 2. The monoisotopic (exact) mass is 437 g/mol. The van der Waals surface area contributed by atoms with E-state index in [2.05, 4.69) is 53.2 Å². The molecule has 31 heavy (non-hydrogen) atoms. The van der Waals surface area contributed by atoms with E-state index >= 15 is 0 Å². The van der Waals surface area contributed by atoms with Crippen LogP contribution in [0.4, 0.5) is 11.5 Å². The van der Waals surface area contributed by atoms with Gasteiger partial charge in [-0.2, -0.15) is 0 Å². The standard InChI is InChI=1S/C24H31N5OS/c1-17-18(2)31-24-22(17)23(26-21(27-24)16-29-11-13-30-14-12-29)25-20-7-5-19(6-8-20)15-28-9-3-4-10-28/h5-8H,3-4,9-16H2,1-2H3,(H,25,26,27). The number of rotatable bonds is 6. The molecule has 0 spiro atoms. The maximum Gasteiger partial charge on any atom is 0.146 e. The number of nitrogens with one attached hydrogen (secondary N) is 1. The van der Waals surface area contributed by atoms with Gasteiger partial charge in [-0.1, -0.05) is 12.1 Å². The maximum absolute atomic E-state index is 5.48. The van der Waals surface area contributed by atoms with Crippen LogP contribution in [0.1, 0.15) is 34.7 Å². The molecule has 0 saturated carbocycles. The van der Waals surface area contributed by atoms with Gasteiger partial charge in [0.2, 0.25) is 0 Å². The summed E-state index contributed by atoms with van der Waals surface area (Å²) in [5, 5.41) is 4.75. The zero-order valence-electron chi connectivity index (χ0n) is 18.5. The van der Waals surface area contributed by atoms with Crippen molar-refractivity contribution in [3.05, 3.63) is 46.1 Å². The lowest BCUT2D eigenvalue weighted by Gasteiger charge is -2.25. The molecular formula is C24H31N5OS. The Morgan fingerprint density at radius 2 is 1.65 bits per heavy atom. The minimum absolute atomic E-state index is 0.763. The van der Waals surface area contributed by atoms with Crippen LogP contribution in [0.25, 0.3) is 10.2 Å². The van der Waals surface area contributed by atoms with E-state index in [0.717, 1.165) is 66.9 Å². The van der Waals surface area contributed by atoms with Gasteiger partial charge >= 0.3 is 0 Å². The average Bonchev–Trinajstić information content (AvgIpc) is 3.38. The first kappa shape index (κ1) is 20.8. The molecule has 0 aliphatic carbocycles. The fraction of sp³-hybridized carbons (Fsp3) is 0.500. The molecule has 2 aliphatic heterocycles. The summed E-state index contributed by atoms with van der Waals surface area (Å²) < 4.78 is 5.48. The van der Waals surface area contributed by atoms with Crippen molar-refractivity contribution < 1.29 is 4.74 Å². The van der Waals surface area contributed by atoms with Gasteiger partial charge in [0.1, 0.15) is 16.5 Å². The maximum atomic E-state index is 5.48. The molecule has 0 amide bonds. The summed E-state index contributed by atoms with van der Waals surface area (Å²) in [4.78, 5) is 17.1. The number of ether oxygens (including phenoxy) is 1. The molecule has 2 saturated heterocycles. The second-order valence-electron chi connectivity index (χ2n) is 8.65. The lowest BCUT2D eigenvalue weighted by molar-refractivity contribution is 0.0331. The second kappa shape index (κ2) is 9.20. The fourth-order valence-corrected chi connectivity index (χ4v) is 5.49. The number of benzene rings is 1. The number of likely N-dealkylation sites (tertiary alicyclic amines) is 1. The topological polar surface area (TPSA) is 53.5 Å². The summed E-state index contributed by atoms with van der Waals surface area (Å²) in [6.07, 6.45) is 2.66. The van der Waals surface area contributed by atoms with Gasteiger partial charge in [-0.05, 0) is 63.0 Å². The van der Waals surface area contributed by atoms with E-state index in [9.17, 15) is 0 Å². The first-order chi connectivity index (χ1) is 15.2. The third kappa shape index (κ3) is 4.75. The number of thiophene rings is 1. The molecule has 5 rings (SSSR count). The third-order valence-electron chi connectivity index (χ3n) is 6.37. The van der Waals surface area contributed by atoms with E-state index in [1.54, 1.807) is 11.3 Å². The normalized spacial score (nSPS) is 18.1. The summed E-state index contributed by atoms with van der Waals surface area (Å²) in [5.41, 5.74) is 3.72. The summed E-state index contributed by atoms with van der Waals surface area (Å²) in [6, 6.07) is 8.82. The Bertz CT molecular complexity index is 1040. The van der Waals surface area contributed by atoms with E-state index in [-0.39, 0.29) is 0 Å². The summed E-state index contributed by atoms with van der Waals surface area (Å²) >= 11 is 1.76. The fourth-order valence-electron chi connectivity index (χ4n) is 4.44. The van der Waals surface area contributed by atoms with E-state index in [4.69, 9.17) is 14.7 Å². The van der Waals surface area contributed by atoms with Crippen molar-refractivity contribution in [1.82, 2.24) is 19.8 Å². The Morgan fingerprint density at radius 3 is 2.39 bits per heavy atom. The Morgan fingerprint density at radius 1 is 0.935 bits per heavy atom. The highest BCUT2D eigenvalue weighted by Gasteiger charge is 2.18. The van der Waals surface area contributed by atoms with Crippen LogP contribution >= 0.6 is 11.3 Å². The molecule has 0 radical (unpaired) electrons. The van der Waals surface area contributed by atoms with E-state index in [0.29, 0.717) is 0 Å². The molecule has 2 fully saturated rings. The van der Waals surface area contributed by atoms with Crippen LogP contribution in [0.15, 0.2) is 24.3 Å². The quantitative estimate of drug-likeness (QED) is 0.614. The van der Waals surface area contributed by atoms with Gasteiger partial charge in [-0.15, -0.1) is 11.3 Å². The van der Waals surface area contributed by atoms with E-state index < -0.39 is 0 Å². The Balaban J connectivity index is 1.39. The van der Waals surface area contributed by atoms with Gasteiger partial charge in [0.05, 0.1) is 25.1 Å². The van der Waals surface area contributed by atoms with Gasteiger partial charge in [0, 0.05) is 30.2 Å². The smallest absolute Gasteiger partial charge is 0.146 e. The van der Waals surface area contributed by atoms with Crippen molar-refractivity contribution in [2.45, 2.75) is 39.8 Å². The molecule has 6 nitrogen and oxygen atoms in total. The minimum Gasteiger partial charge on any atom is -0.379 e. The van der Waals surface area contributed by atoms with E-state index in [1.807, 2.05) is 0 Å². The zero-order valence-corrected chi connectivity index (χ0v) is 19.3. The number of hydrogen-bond donors (Lipinski definition) is 1. The molecule has 2 aromatic heterocycles. The van der Waals surface area contributed by atoms with Crippen LogP contribution in [-0.2, 0) is 17.8 Å². The molecule has 0 atom stereocenters. The molecule has 0 unspecified atom stereocenters. The van der Waals surface area contributed by atoms with Crippen molar-refractivity contribution in [3.8, 4) is 0 Å². The van der Waals surface area contributed by atoms with Crippen molar-refractivity contribution in [1.29, 1.82) is 0 Å². The van der Waals surface area contributed by atoms with Crippen molar-refractivity contribution in [3.63, 3.8) is 0 Å². The first-order valence-electron chi connectivity index (χ1n) is 11.3. The zero-order chi connectivity index (χ0) is 21.2. The van der Waals surface area contributed by atoms with E-state index in [1.165, 1.54) is 41.9 Å². The van der Waals surface area contributed by atoms with Crippen LogP contribution in [-0.4, -0.2) is 59.2 Å². The third-order valence-corrected chi connectivity index (χ3v) is 7.47. The highest BCUT2D eigenvalue weighted by Crippen LogP contribution is 2.34. The molecule has 1 aromatic carbocycles. The predicted octanol–water partition coefficient (Wildman–Crippen LogP) is 4.48. The van der Waals surface area contributed by atoms with Crippen molar-refractivity contribution in [2.75, 3.05) is 44.7 Å². The average molecular weight is 438 g/mol. The number of aryl methyl sites for hydroxylation is 2. The molecule has 164 valence electrons. The van der Waals surface area contributed by atoms with Gasteiger partial charge < -0.3 is 10.1 Å². The van der Waals surface area contributed by atoms with Crippen LogP contribution < -0.4 is 5.32 Å². The van der Waals surface area contributed by atoms with Crippen molar-refractivity contribution in [2.24, 2.45) is 0 Å². The second-order valence-corrected chi connectivity index (χ2v) is 9.85. The lowest BCUT2D eigenvalue weighted by Crippen LogP contribution is -2.36. The molecule has 2 aliphatic rings. The molecule has 7 heteroatoms. The summed E-state index contributed by atoms with van der Waals surface area (Å²) in [7, 11) is 0. The highest BCUT2D eigenvalue weighted by molar-refractivity contribution is 7.18. The molecular weight excluding hydrogens is 406 g/mol. The minimum atomic E-state index is 0.763. The van der Waals surface area contributed by atoms with Crippen LogP contribution in [0.2, 0.25) is 0 Å². The van der Waals surface area contributed by atoms with Gasteiger partial charge in [-0.25, -0.2) is 9.97 Å². The molecule has 0 bridgehead atoms. The number of hydrogen-bond acceptors (Lipinski definition) is 7. The van der Waals surface area contributed by atoms with Crippen LogP contribution in [0, 0.1) is 13.8 Å². The highest BCUT2D eigenvalue weighted by atomic mass is 32.1. The van der Waals surface area contributed by atoms with Gasteiger partial charge in [0.25, 0.3) is 0 Å². The summed E-state index contributed by atoms with van der Waals surface area (Å²) in [6.45, 7) is 12.0. The number of fused-ring (bicyclic) bond motifs is 1. The largest absolute Gasteiger partial charge is 0.379 e. The molecule has 4 heterocycles. The van der Waals surface area contributed by atoms with Crippen LogP contribution in [0.3, 0.4) is 0 Å². The van der Waals surface area contributed by atoms with Gasteiger partial charge in [0.15, 0.2) is 0 Å². The molecule has 1 N–H and O–H groups in total. The first-order valence-corrected chi connectivity index (χ1v) is 12.1. The number of nitrogens with zero attached hydrogens (tertiary/aromatic N) is 4. The van der Waals surface area contributed by atoms with Crippen LogP contribution in [0.5, 0.6) is 0 Å². The predicted molar refractivity (Wildman–Crippen MR) is 127 cm³/mol. The number of morpholine rings is 1. The van der Waals surface area contributed by atoms with Crippen molar-refractivity contribution >= 4 is 33.1 Å². The SMILES string of the molecule is Cc1sc2nc(CN3CCOCC3)nc(Nc3ccc(CN4CCCC4)cc3)c2c1C. The van der Waals surface area contributed by atoms with Gasteiger partial charge in [-0.3, -0.25) is 9.80 Å². The Kier molecular flexibility index (Phi) is 6.18. The summed E-state index contributed by atoms with van der Waals surface area (Å²) in [5.74, 6) is 1.80. The Hall–Kier alpha value is -2.06. The lowest BCUT2D eigenvalue weighted by atomic mass is 10.1. The Labute approximate surface area is 188 Å². The molecule has 3 aromatic rings. The number of aromatic nitrogens is 2.